The standard InChI is InChI=1S/C15H12BrClN2O2/c1-7-4-8(2-3-11(7)17)21-13-6-12-9(5-10(13)16)14(18)15(20)19-12/h2-6,14H,18H2,1H3,(H,19,20). The van der Waals surface area contributed by atoms with Crippen LogP contribution in [0.4, 0.5) is 5.69 Å². The van der Waals surface area contributed by atoms with Crippen molar-refractivity contribution in [1.82, 2.24) is 0 Å². The molecule has 0 saturated carbocycles. The first-order valence-corrected chi connectivity index (χ1v) is 7.46. The number of hydrogen-bond donors (Lipinski definition) is 2. The molecule has 0 radical (unpaired) electrons. The largest absolute Gasteiger partial charge is 0.456 e. The van der Waals surface area contributed by atoms with Crippen LogP contribution in [0.25, 0.3) is 0 Å². The van der Waals surface area contributed by atoms with E-state index in [9.17, 15) is 4.79 Å². The number of carbonyl (C=O) groups is 1. The molecule has 3 rings (SSSR count). The Morgan fingerprint density at radius 1 is 1.33 bits per heavy atom. The van der Waals surface area contributed by atoms with Gasteiger partial charge in [0.2, 0.25) is 5.91 Å². The third-order valence-corrected chi connectivity index (χ3v) is 4.38. The van der Waals surface area contributed by atoms with Crippen molar-refractivity contribution in [2.24, 2.45) is 5.73 Å². The first-order valence-electron chi connectivity index (χ1n) is 6.29. The highest BCUT2D eigenvalue weighted by molar-refractivity contribution is 9.10. The van der Waals surface area contributed by atoms with E-state index in [-0.39, 0.29) is 5.91 Å². The van der Waals surface area contributed by atoms with Crippen molar-refractivity contribution >= 4 is 39.1 Å². The van der Waals surface area contributed by atoms with Crippen molar-refractivity contribution in [2.75, 3.05) is 5.32 Å². The Morgan fingerprint density at radius 3 is 2.81 bits per heavy atom. The number of nitrogens with one attached hydrogen (secondary N) is 1. The van der Waals surface area contributed by atoms with E-state index in [0.717, 1.165) is 15.6 Å². The number of ether oxygens (including phenoxy) is 1. The Kier molecular flexibility index (Phi) is 3.65. The molecule has 1 heterocycles. The average molecular weight is 368 g/mol. The summed E-state index contributed by atoms with van der Waals surface area (Å²) in [6.45, 7) is 1.91. The molecule has 2 aromatic carbocycles. The number of rotatable bonds is 2. The number of hydrogen-bond acceptors (Lipinski definition) is 3. The number of amides is 1. The zero-order chi connectivity index (χ0) is 15.1. The van der Waals surface area contributed by atoms with Gasteiger partial charge in [-0.15, -0.1) is 0 Å². The summed E-state index contributed by atoms with van der Waals surface area (Å²) < 4.78 is 6.58. The fourth-order valence-corrected chi connectivity index (χ4v) is 2.73. The van der Waals surface area contributed by atoms with E-state index in [4.69, 9.17) is 22.1 Å². The normalized spacial score (nSPS) is 16.6. The van der Waals surface area contributed by atoms with Crippen molar-refractivity contribution in [2.45, 2.75) is 13.0 Å². The second kappa shape index (κ2) is 5.33. The number of benzene rings is 2. The van der Waals surface area contributed by atoms with Gasteiger partial charge >= 0.3 is 0 Å². The van der Waals surface area contributed by atoms with E-state index in [0.29, 0.717) is 22.2 Å². The summed E-state index contributed by atoms with van der Waals surface area (Å²) >= 11 is 9.44. The molecule has 108 valence electrons. The molecule has 0 bridgehead atoms. The summed E-state index contributed by atoms with van der Waals surface area (Å²) in [5, 5.41) is 3.42. The molecule has 1 aliphatic heterocycles. The fourth-order valence-electron chi connectivity index (χ4n) is 2.17. The van der Waals surface area contributed by atoms with Gasteiger partial charge in [-0.25, -0.2) is 0 Å². The molecular weight excluding hydrogens is 356 g/mol. The van der Waals surface area contributed by atoms with Crippen LogP contribution in [0.3, 0.4) is 0 Å². The molecule has 1 unspecified atom stereocenters. The van der Waals surface area contributed by atoms with Gasteiger partial charge in [-0.05, 0) is 52.7 Å². The molecule has 0 aromatic heterocycles. The molecule has 2 aromatic rings. The summed E-state index contributed by atoms with van der Waals surface area (Å²) in [6.07, 6.45) is 0. The first kappa shape index (κ1) is 14.4. The van der Waals surface area contributed by atoms with Gasteiger partial charge in [-0.2, -0.15) is 0 Å². The van der Waals surface area contributed by atoms with Crippen LogP contribution in [0.5, 0.6) is 11.5 Å². The lowest BCUT2D eigenvalue weighted by Crippen LogP contribution is -2.19. The predicted octanol–water partition coefficient (Wildman–Crippen LogP) is 4.16. The van der Waals surface area contributed by atoms with Gasteiger partial charge in [0.05, 0.1) is 4.47 Å². The fraction of sp³-hybridized carbons (Fsp3) is 0.133. The SMILES string of the molecule is Cc1cc(Oc2cc3c(cc2Br)C(N)C(=O)N3)ccc1Cl. The maximum Gasteiger partial charge on any atom is 0.245 e. The van der Waals surface area contributed by atoms with Crippen LogP contribution in [-0.4, -0.2) is 5.91 Å². The van der Waals surface area contributed by atoms with E-state index >= 15 is 0 Å². The van der Waals surface area contributed by atoms with E-state index < -0.39 is 6.04 Å². The summed E-state index contributed by atoms with van der Waals surface area (Å²) in [5.74, 6) is 1.06. The highest BCUT2D eigenvalue weighted by Gasteiger charge is 2.28. The molecule has 4 nitrogen and oxygen atoms in total. The monoisotopic (exact) mass is 366 g/mol. The third kappa shape index (κ3) is 2.64. The maximum atomic E-state index is 11.6. The van der Waals surface area contributed by atoms with Crippen LogP contribution in [0, 0.1) is 6.92 Å². The Balaban J connectivity index is 1.95. The molecular formula is C15H12BrClN2O2. The third-order valence-electron chi connectivity index (χ3n) is 3.34. The van der Waals surface area contributed by atoms with Crippen LogP contribution < -0.4 is 15.8 Å². The molecule has 0 spiro atoms. The van der Waals surface area contributed by atoms with Gasteiger partial charge in [0.25, 0.3) is 0 Å². The van der Waals surface area contributed by atoms with Crippen LogP contribution in [0.2, 0.25) is 5.02 Å². The lowest BCUT2D eigenvalue weighted by molar-refractivity contribution is -0.116. The molecule has 0 fully saturated rings. The van der Waals surface area contributed by atoms with Crippen LogP contribution in [0.15, 0.2) is 34.8 Å². The Labute approximate surface area is 135 Å². The minimum atomic E-state index is -0.636. The summed E-state index contributed by atoms with van der Waals surface area (Å²) in [4.78, 5) is 11.6. The molecule has 3 N–H and O–H groups in total. The molecule has 6 heteroatoms. The quantitative estimate of drug-likeness (QED) is 0.838. The van der Waals surface area contributed by atoms with Gasteiger partial charge in [0.1, 0.15) is 17.5 Å². The smallest absolute Gasteiger partial charge is 0.245 e. The minimum absolute atomic E-state index is 0.212. The lowest BCUT2D eigenvalue weighted by Gasteiger charge is -2.11. The second-order valence-corrected chi connectivity index (χ2v) is 6.11. The van der Waals surface area contributed by atoms with Crippen molar-refractivity contribution < 1.29 is 9.53 Å². The Morgan fingerprint density at radius 2 is 2.10 bits per heavy atom. The van der Waals surface area contributed by atoms with Crippen LogP contribution in [-0.2, 0) is 4.79 Å². The number of anilines is 1. The van der Waals surface area contributed by atoms with Crippen molar-refractivity contribution in [3.05, 3.63) is 51.0 Å². The van der Waals surface area contributed by atoms with Gasteiger partial charge in [0.15, 0.2) is 0 Å². The van der Waals surface area contributed by atoms with E-state index in [1.807, 2.05) is 13.0 Å². The highest BCUT2D eigenvalue weighted by Crippen LogP contribution is 2.39. The van der Waals surface area contributed by atoms with Crippen LogP contribution in [0.1, 0.15) is 17.2 Å². The van der Waals surface area contributed by atoms with Gasteiger partial charge in [-0.1, -0.05) is 11.6 Å². The van der Waals surface area contributed by atoms with Gasteiger partial charge in [-0.3, -0.25) is 4.79 Å². The minimum Gasteiger partial charge on any atom is -0.456 e. The topological polar surface area (TPSA) is 64.3 Å². The zero-order valence-electron chi connectivity index (χ0n) is 11.1. The van der Waals surface area contributed by atoms with E-state index in [1.54, 1.807) is 24.3 Å². The summed E-state index contributed by atoms with van der Waals surface area (Å²) in [7, 11) is 0. The van der Waals surface area contributed by atoms with E-state index in [2.05, 4.69) is 21.2 Å². The number of nitrogens with two attached hydrogens (primary N) is 1. The zero-order valence-corrected chi connectivity index (χ0v) is 13.5. The second-order valence-electron chi connectivity index (χ2n) is 4.85. The summed E-state index contributed by atoms with van der Waals surface area (Å²) in [5.41, 5.74) is 8.17. The molecule has 1 amide bonds. The van der Waals surface area contributed by atoms with Crippen molar-refractivity contribution in [3.8, 4) is 11.5 Å². The molecule has 0 saturated heterocycles. The number of halogens is 2. The number of aryl methyl sites for hydroxylation is 1. The summed E-state index contributed by atoms with van der Waals surface area (Å²) in [6, 6.07) is 8.35. The predicted molar refractivity (Wildman–Crippen MR) is 86.0 cm³/mol. The first-order chi connectivity index (χ1) is 9.95. The lowest BCUT2D eigenvalue weighted by atomic mass is 10.1. The molecule has 21 heavy (non-hydrogen) atoms. The van der Waals surface area contributed by atoms with Crippen molar-refractivity contribution in [3.63, 3.8) is 0 Å². The maximum absolute atomic E-state index is 11.6. The van der Waals surface area contributed by atoms with Crippen molar-refractivity contribution in [1.29, 1.82) is 0 Å². The van der Waals surface area contributed by atoms with Gasteiger partial charge < -0.3 is 15.8 Å². The number of carbonyl (C=O) groups excluding carboxylic acids is 1. The Hall–Kier alpha value is -1.56. The number of fused-ring (bicyclic) bond motifs is 1. The molecule has 0 aliphatic carbocycles. The average Bonchev–Trinajstić information content (AvgIpc) is 2.70. The molecule has 1 atom stereocenters. The highest BCUT2D eigenvalue weighted by atomic mass is 79.9. The van der Waals surface area contributed by atoms with E-state index in [1.165, 1.54) is 0 Å². The van der Waals surface area contributed by atoms with Gasteiger partial charge in [0, 0.05) is 22.3 Å². The Bertz CT molecular complexity index is 749. The molecule has 1 aliphatic rings. The van der Waals surface area contributed by atoms with Crippen LogP contribution >= 0.6 is 27.5 Å².